The van der Waals surface area contributed by atoms with Crippen LogP contribution in [0.1, 0.15) is 10.5 Å². The van der Waals surface area contributed by atoms with E-state index >= 15 is 0 Å². The Labute approximate surface area is 116 Å². The van der Waals surface area contributed by atoms with Crippen molar-refractivity contribution in [2.45, 2.75) is 0 Å². The molecule has 3 heterocycles. The third-order valence-electron chi connectivity index (χ3n) is 2.76. The van der Waals surface area contributed by atoms with Gasteiger partial charge >= 0.3 is 5.97 Å². The highest BCUT2D eigenvalue weighted by atomic mass is 79.9. The van der Waals surface area contributed by atoms with Gasteiger partial charge in [0.2, 0.25) is 0 Å². The second-order valence-corrected chi connectivity index (χ2v) is 4.66. The van der Waals surface area contributed by atoms with Gasteiger partial charge in [-0.2, -0.15) is 0 Å². The van der Waals surface area contributed by atoms with Crippen molar-refractivity contribution in [1.82, 2.24) is 14.4 Å². The molecule has 0 amide bonds. The van der Waals surface area contributed by atoms with Gasteiger partial charge in [0.1, 0.15) is 16.1 Å². The Kier molecular flexibility index (Phi) is 2.79. The molecule has 0 radical (unpaired) electrons. The number of nitrogens with zero attached hydrogens (tertiary/aromatic N) is 3. The maximum Gasteiger partial charge on any atom is 0.352 e. The molecule has 0 aliphatic rings. The molecular formula is C13H8BrN3O2. The molecule has 0 aliphatic heterocycles. The molecule has 0 unspecified atom stereocenters. The van der Waals surface area contributed by atoms with Crippen LogP contribution in [-0.2, 0) is 0 Å². The van der Waals surface area contributed by atoms with Crippen LogP contribution in [0.25, 0.3) is 16.9 Å². The van der Waals surface area contributed by atoms with Crippen LogP contribution in [0.5, 0.6) is 0 Å². The van der Waals surface area contributed by atoms with Gasteiger partial charge in [0, 0.05) is 18.0 Å². The number of pyridine rings is 2. The third-order valence-corrected chi connectivity index (χ3v) is 3.34. The van der Waals surface area contributed by atoms with Crippen molar-refractivity contribution in [2.24, 2.45) is 0 Å². The molecule has 0 spiro atoms. The maximum atomic E-state index is 11.3. The SMILES string of the molecule is O=C(O)c1cccc2c(Br)nc(-c3cccnc3)n12. The van der Waals surface area contributed by atoms with E-state index in [1.807, 2.05) is 12.1 Å². The van der Waals surface area contributed by atoms with Crippen molar-refractivity contribution in [1.29, 1.82) is 0 Å². The van der Waals surface area contributed by atoms with E-state index in [-0.39, 0.29) is 5.69 Å². The monoisotopic (exact) mass is 317 g/mol. The number of imidazole rings is 1. The third kappa shape index (κ3) is 1.90. The highest BCUT2D eigenvalue weighted by molar-refractivity contribution is 9.10. The quantitative estimate of drug-likeness (QED) is 0.789. The van der Waals surface area contributed by atoms with Crippen molar-refractivity contribution < 1.29 is 9.90 Å². The molecule has 5 nitrogen and oxygen atoms in total. The largest absolute Gasteiger partial charge is 0.477 e. The first-order chi connectivity index (χ1) is 9.18. The number of carbonyl (C=O) groups is 1. The Morgan fingerprint density at radius 3 is 2.79 bits per heavy atom. The average molecular weight is 318 g/mol. The predicted molar refractivity (Wildman–Crippen MR) is 73.1 cm³/mol. The van der Waals surface area contributed by atoms with Crippen molar-refractivity contribution >= 4 is 27.4 Å². The molecule has 19 heavy (non-hydrogen) atoms. The molecule has 3 rings (SSSR count). The van der Waals surface area contributed by atoms with Crippen LogP contribution in [0.15, 0.2) is 47.3 Å². The van der Waals surface area contributed by atoms with Gasteiger partial charge in [0.05, 0.1) is 5.52 Å². The standard InChI is InChI=1S/C13H8BrN3O2/c14-11-9-4-1-5-10(13(18)19)17(9)12(16-11)8-3-2-6-15-7-8/h1-7H,(H,18,19). The highest BCUT2D eigenvalue weighted by Gasteiger charge is 2.17. The summed E-state index contributed by atoms with van der Waals surface area (Å²) >= 11 is 3.35. The molecule has 6 heteroatoms. The van der Waals surface area contributed by atoms with E-state index in [0.29, 0.717) is 15.9 Å². The van der Waals surface area contributed by atoms with Crippen LogP contribution in [0.4, 0.5) is 0 Å². The summed E-state index contributed by atoms with van der Waals surface area (Å²) in [6, 6.07) is 8.67. The molecule has 0 saturated carbocycles. The van der Waals surface area contributed by atoms with Crippen molar-refractivity contribution in [3.8, 4) is 11.4 Å². The molecule has 0 aliphatic carbocycles. The van der Waals surface area contributed by atoms with Gasteiger partial charge in [-0.15, -0.1) is 0 Å². The summed E-state index contributed by atoms with van der Waals surface area (Å²) in [5.74, 6) is -0.450. The number of carboxylic acid groups (broad SMARTS) is 1. The minimum Gasteiger partial charge on any atom is -0.477 e. The van der Waals surface area contributed by atoms with Crippen LogP contribution >= 0.6 is 15.9 Å². The number of aromatic nitrogens is 3. The van der Waals surface area contributed by atoms with E-state index in [9.17, 15) is 9.90 Å². The maximum absolute atomic E-state index is 11.3. The Bertz CT molecular complexity index is 768. The molecule has 0 saturated heterocycles. The highest BCUT2D eigenvalue weighted by Crippen LogP contribution is 2.27. The molecular weight excluding hydrogens is 310 g/mol. The van der Waals surface area contributed by atoms with Gasteiger partial charge in [0.25, 0.3) is 0 Å². The summed E-state index contributed by atoms with van der Waals surface area (Å²) in [7, 11) is 0. The van der Waals surface area contributed by atoms with Gasteiger partial charge < -0.3 is 5.11 Å². The molecule has 94 valence electrons. The first-order valence-corrected chi connectivity index (χ1v) is 6.28. The van der Waals surface area contributed by atoms with E-state index in [0.717, 1.165) is 5.56 Å². The second-order valence-electron chi connectivity index (χ2n) is 3.90. The lowest BCUT2D eigenvalue weighted by molar-refractivity contribution is 0.0689. The zero-order valence-corrected chi connectivity index (χ0v) is 11.2. The fourth-order valence-corrected chi connectivity index (χ4v) is 2.43. The van der Waals surface area contributed by atoms with E-state index in [1.54, 1.807) is 35.0 Å². The lowest BCUT2D eigenvalue weighted by Crippen LogP contribution is -2.05. The Morgan fingerprint density at radius 1 is 1.26 bits per heavy atom. The Balaban J connectivity index is 2.40. The molecule has 3 aromatic heterocycles. The summed E-state index contributed by atoms with van der Waals surface area (Å²) in [6.45, 7) is 0. The molecule has 0 aromatic carbocycles. The van der Waals surface area contributed by atoms with Gasteiger partial charge in [-0.05, 0) is 40.2 Å². The van der Waals surface area contributed by atoms with Gasteiger partial charge in [-0.25, -0.2) is 9.78 Å². The van der Waals surface area contributed by atoms with E-state index < -0.39 is 5.97 Å². The first-order valence-electron chi connectivity index (χ1n) is 5.49. The van der Waals surface area contributed by atoms with Gasteiger partial charge in [0.15, 0.2) is 0 Å². The topological polar surface area (TPSA) is 67.5 Å². The number of carboxylic acids is 1. The molecule has 1 N–H and O–H groups in total. The molecule has 0 atom stereocenters. The van der Waals surface area contributed by atoms with E-state index in [4.69, 9.17) is 0 Å². The predicted octanol–water partition coefficient (Wildman–Crippen LogP) is 2.86. The zero-order chi connectivity index (χ0) is 13.4. The zero-order valence-electron chi connectivity index (χ0n) is 9.62. The molecule has 3 aromatic rings. The van der Waals surface area contributed by atoms with Crippen LogP contribution in [0.3, 0.4) is 0 Å². The minimum atomic E-state index is -0.999. The van der Waals surface area contributed by atoms with E-state index in [1.165, 1.54) is 0 Å². The summed E-state index contributed by atoms with van der Waals surface area (Å²) in [5, 5.41) is 9.28. The number of rotatable bonds is 2. The second kappa shape index (κ2) is 4.47. The molecule has 0 bridgehead atoms. The number of fused-ring (bicyclic) bond motifs is 1. The summed E-state index contributed by atoms with van der Waals surface area (Å²) in [6.07, 6.45) is 3.31. The first kappa shape index (κ1) is 11.9. The Morgan fingerprint density at radius 2 is 2.11 bits per heavy atom. The van der Waals surface area contributed by atoms with Crippen molar-refractivity contribution in [3.05, 3.63) is 53.0 Å². The van der Waals surface area contributed by atoms with Crippen LogP contribution < -0.4 is 0 Å². The summed E-state index contributed by atoms with van der Waals surface area (Å²) in [4.78, 5) is 19.7. The van der Waals surface area contributed by atoms with Gasteiger partial charge in [-0.3, -0.25) is 9.38 Å². The lowest BCUT2D eigenvalue weighted by Gasteiger charge is -2.04. The van der Waals surface area contributed by atoms with Crippen molar-refractivity contribution in [2.75, 3.05) is 0 Å². The smallest absolute Gasteiger partial charge is 0.352 e. The number of hydrogen-bond acceptors (Lipinski definition) is 3. The number of hydrogen-bond donors (Lipinski definition) is 1. The fraction of sp³-hybridized carbons (Fsp3) is 0. The van der Waals surface area contributed by atoms with Gasteiger partial charge in [-0.1, -0.05) is 6.07 Å². The molecule has 0 fully saturated rings. The van der Waals surface area contributed by atoms with Crippen LogP contribution in [0, 0.1) is 0 Å². The minimum absolute atomic E-state index is 0.162. The Hall–Kier alpha value is -2.21. The van der Waals surface area contributed by atoms with Crippen LogP contribution in [-0.4, -0.2) is 25.4 Å². The number of aromatic carboxylic acids is 1. The fourth-order valence-electron chi connectivity index (χ4n) is 1.95. The lowest BCUT2D eigenvalue weighted by atomic mass is 10.2. The normalized spacial score (nSPS) is 10.8. The van der Waals surface area contributed by atoms with Crippen LogP contribution in [0.2, 0.25) is 0 Å². The summed E-state index contributed by atoms with van der Waals surface area (Å²) < 4.78 is 2.21. The van der Waals surface area contributed by atoms with E-state index in [2.05, 4.69) is 25.9 Å². The van der Waals surface area contributed by atoms with Crippen molar-refractivity contribution in [3.63, 3.8) is 0 Å². The average Bonchev–Trinajstić information content (AvgIpc) is 2.77. The number of halogens is 1. The summed E-state index contributed by atoms with van der Waals surface area (Å²) in [5.41, 5.74) is 1.63.